The number of hydrogen-bond acceptors (Lipinski definition) is 3. The summed E-state index contributed by atoms with van der Waals surface area (Å²) >= 11 is 0. The molecule has 1 rings (SSSR count). The molecule has 100 valence electrons. The smallest absolute Gasteiger partial charge is 0.239 e. The molecule has 4 nitrogen and oxygen atoms in total. The van der Waals surface area contributed by atoms with Gasteiger partial charge in [0.2, 0.25) is 5.91 Å². The van der Waals surface area contributed by atoms with Crippen LogP contribution in [0, 0.1) is 0 Å². The molecule has 1 N–H and O–H groups in total. The van der Waals surface area contributed by atoms with Crippen LogP contribution in [0.5, 0.6) is 0 Å². The van der Waals surface area contributed by atoms with Crippen LogP contribution in [0.25, 0.3) is 0 Å². The van der Waals surface area contributed by atoms with Gasteiger partial charge >= 0.3 is 0 Å². The topological polar surface area (TPSA) is 63.2 Å². The maximum atomic E-state index is 11.6. The first-order valence-electron chi connectivity index (χ1n) is 5.94. The summed E-state index contributed by atoms with van der Waals surface area (Å²) in [5, 5.41) is 2.61. The van der Waals surface area contributed by atoms with Gasteiger partial charge in [-0.3, -0.25) is 4.79 Å². The van der Waals surface area contributed by atoms with Gasteiger partial charge in [-0.05, 0) is 23.6 Å². The van der Waals surface area contributed by atoms with Gasteiger partial charge in [-0.2, -0.15) is 0 Å². The summed E-state index contributed by atoms with van der Waals surface area (Å²) in [5.41, 5.74) is 1.74. The Balaban J connectivity index is 2.74. The highest BCUT2D eigenvalue weighted by atomic mass is 32.2. The number of anilines is 1. The number of nitrogens with one attached hydrogen (secondary N) is 1. The van der Waals surface area contributed by atoms with Gasteiger partial charge < -0.3 is 5.32 Å². The van der Waals surface area contributed by atoms with Gasteiger partial charge in [0.15, 0.2) is 9.84 Å². The van der Waals surface area contributed by atoms with Crippen LogP contribution >= 0.6 is 0 Å². The molecule has 0 aliphatic heterocycles. The molecule has 0 atom stereocenters. The summed E-state index contributed by atoms with van der Waals surface area (Å²) in [6.45, 7) is 5.65. The molecule has 0 saturated heterocycles. The monoisotopic (exact) mass is 269 g/mol. The third kappa shape index (κ3) is 4.49. The maximum Gasteiger partial charge on any atom is 0.239 e. The van der Waals surface area contributed by atoms with Crippen molar-refractivity contribution in [2.24, 2.45) is 0 Å². The minimum Gasteiger partial charge on any atom is -0.325 e. The van der Waals surface area contributed by atoms with Crippen LogP contribution < -0.4 is 5.32 Å². The number of sulfone groups is 1. The molecule has 0 aliphatic carbocycles. The fourth-order valence-electron chi connectivity index (χ4n) is 1.47. The van der Waals surface area contributed by atoms with E-state index in [1.54, 1.807) is 6.07 Å². The van der Waals surface area contributed by atoms with Gasteiger partial charge in [0.05, 0.1) is 0 Å². The molecule has 0 spiro atoms. The standard InChI is InChI=1S/C13H19NO3S/c1-4-18(16,17)9-13(15)14-12-7-5-6-11(8-12)10(2)3/h5-8,10H,4,9H2,1-3H3,(H,14,15). The van der Waals surface area contributed by atoms with Gasteiger partial charge in [-0.1, -0.05) is 32.9 Å². The number of amides is 1. The third-order valence-corrected chi connectivity index (χ3v) is 4.21. The molecule has 0 aliphatic rings. The first-order chi connectivity index (χ1) is 8.34. The van der Waals surface area contributed by atoms with E-state index in [0.29, 0.717) is 11.6 Å². The lowest BCUT2D eigenvalue weighted by atomic mass is 10.0. The van der Waals surface area contributed by atoms with Crippen LogP contribution in [0.2, 0.25) is 0 Å². The summed E-state index contributed by atoms with van der Waals surface area (Å²) in [4.78, 5) is 11.6. The van der Waals surface area contributed by atoms with Crippen molar-refractivity contribution in [2.75, 3.05) is 16.8 Å². The van der Waals surface area contributed by atoms with E-state index < -0.39 is 21.5 Å². The molecule has 5 heteroatoms. The van der Waals surface area contributed by atoms with Crippen molar-refractivity contribution in [2.45, 2.75) is 26.7 Å². The van der Waals surface area contributed by atoms with Crippen LogP contribution in [0.4, 0.5) is 5.69 Å². The van der Waals surface area contributed by atoms with Crippen molar-refractivity contribution in [3.8, 4) is 0 Å². The average molecular weight is 269 g/mol. The summed E-state index contributed by atoms with van der Waals surface area (Å²) in [6, 6.07) is 7.44. The second-order valence-electron chi connectivity index (χ2n) is 4.50. The highest BCUT2D eigenvalue weighted by molar-refractivity contribution is 7.92. The van der Waals surface area contributed by atoms with Gasteiger partial charge in [0, 0.05) is 11.4 Å². The van der Waals surface area contributed by atoms with Gasteiger partial charge in [0.1, 0.15) is 5.75 Å². The van der Waals surface area contributed by atoms with Crippen LogP contribution in [0.3, 0.4) is 0 Å². The quantitative estimate of drug-likeness (QED) is 0.891. The molecule has 0 aromatic heterocycles. The van der Waals surface area contributed by atoms with E-state index in [2.05, 4.69) is 19.2 Å². The van der Waals surface area contributed by atoms with Crippen LogP contribution in [-0.4, -0.2) is 25.8 Å². The van der Waals surface area contributed by atoms with Crippen molar-refractivity contribution in [3.05, 3.63) is 29.8 Å². The van der Waals surface area contributed by atoms with Crippen molar-refractivity contribution in [1.29, 1.82) is 0 Å². The highest BCUT2D eigenvalue weighted by Gasteiger charge is 2.14. The molecule has 0 saturated carbocycles. The number of carbonyl (C=O) groups is 1. The van der Waals surface area contributed by atoms with E-state index in [1.165, 1.54) is 6.92 Å². The Morgan fingerprint density at radius 2 is 2.00 bits per heavy atom. The highest BCUT2D eigenvalue weighted by Crippen LogP contribution is 2.18. The molecule has 0 bridgehead atoms. The molecular weight excluding hydrogens is 250 g/mol. The first-order valence-corrected chi connectivity index (χ1v) is 7.76. The first kappa shape index (κ1) is 14.7. The SMILES string of the molecule is CCS(=O)(=O)CC(=O)Nc1cccc(C(C)C)c1. The van der Waals surface area contributed by atoms with E-state index in [0.717, 1.165) is 5.56 Å². The Hall–Kier alpha value is -1.36. The van der Waals surface area contributed by atoms with Crippen LogP contribution in [0.1, 0.15) is 32.3 Å². The number of rotatable bonds is 5. The minimum absolute atomic E-state index is 0.0214. The van der Waals surface area contributed by atoms with E-state index >= 15 is 0 Å². The molecule has 18 heavy (non-hydrogen) atoms. The predicted molar refractivity (Wildman–Crippen MR) is 73.5 cm³/mol. The van der Waals surface area contributed by atoms with Gasteiger partial charge in [-0.25, -0.2) is 8.42 Å². The predicted octanol–water partition coefficient (Wildman–Crippen LogP) is 2.18. The molecule has 1 amide bonds. The van der Waals surface area contributed by atoms with E-state index in [-0.39, 0.29) is 5.75 Å². The van der Waals surface area contributed by atoms with Crippen molar-refractivity contribution in [1.82, 2.24) is 0 Å². The normalized spacial score (nSPS) is 11.6. The molecule has 0 radical (unpaired) electrons. The zero-order valence-corrected chi connectivity index (χ0v) is 11.8. The third-order valence-electron chi connectivity index (χ3n) is 2.63. The maximum absolute atomic E-state index is 11.6. The molecule has 0 fully saturated rings. The van der Waals surface area contributed by atoms with Crippen LogP contribution in [0.15, 0.2) is 24.3 Å². The lowest BCUT2D eigenvalue weighted by molar-refractivity contribution is -0.113. The second-order valence-corrected chi connectivity index (χ2v) is 6.86. The van der Waals surface area contributed by atoms with Crippen LogP contribution in [-0.2, 0) is 14.6 Å². The molecule has 0 heterocycles. The average Bonchev–Trinajstić information content (AvgIpc) is 2.28. The number of hydrogen-bond donors (Lipinski definition) is 1. The minimum atomic E-state index is -3.28. The van der Waals surface area contributed by atoms with Crippen molar-refractivity contribution in [3.63, 3.8) is 0 Å². The second kappa shape index (κ2) is 6.00. The number of carbonyl (C=O) groups excluding carboxylic acids is 1. The number of benzene rings is 1. The zero-order chi connectivity index (χ0) is 13.8. The summed E-state index contributed by atoms with van der Waals surface area (Å²) in [6.07, 6.45) is 0. The fourth-order valence-corrected chi connectivity index (χ4v) is 2.15. The molecule has 1 aromatic rings. The molecule has 0 unspecified atom stereocenters. The summed E-state index contributed by atoms with van der Waals surface area (Å²) < 4.78 is 22.6. The molecular formula is C13H19NO3S. The lowest BCUT2D eigenvalue weighted by Gasteiger charge is -2.09. The largest absolute Gasteiger partial charge is 0.325 e. The van der Waals surface area contributed by atoms with E-state index in [4.69, 9.17) is 0 Å². The van der Waals surface area contributed by atoms with Gasteiger partial charge in [0.25, 0.3) is 0 Å². The Labute approximate surface area is 108 Å². The fraction of sp³-hybridized carbons (Fsp3) is 0.462. The van der Waals surface area contributed by atoms with E-state index in [1.807, 2.05) is 18.2 Å². The van der Waals surface area contributed by atoms with E-state index in [9.17, 15) is 13.2 Å². The molecule has 1 aromatic carbocycles. The lowest BCUT2D eigenvalue weighted by Crippen LogP contribution is -2.23. The van der Waals surface area contributed by atoms with Gasteiger partial charge in [-0.15, -0.1) is 0 Å². The zero-order valence-electron chi connectivity index (χ0n) is 10.9. The Morgan fingerprint density at radius 3 is 2.56 bits per heavy atom. The Kier molecular flexibility index (Phi) is 4.90. The van der Waals surface area contributed by atoms with Crippen molar-refractivity contribution < 1.29 is 13.2 Å². The van der Waals surface area contributed by atoms with Crippen molar-refractivity contribution >= 4 is 21.4 Å². The Bertz CT molecular complexity index is 521. The summed E-state index contributed by atoms with van der Waals surface area (Å²) in [7, 11) is -3.28. The summed E-state index contributed by atoms with van der Waals surface area (Å²) in [5.74, 6) is -0.610. The Morgan fingerprint density at radius 1 is 1.33 bits per heavy atom.